The molecule has 3 heteroatoms. The molecular formula is C13H15F2N. The third kappa shape index (κ3) is 2.40. The van der Waals surface area contributed by atoms with E-state index < -0.39 is 5.82 Å². The van der Waals surface area contributed by atoms with Gasteiger partial charge in [-0.15, -0.1) is 0 Å². The summed E-state index contributed by atoms with van der Waals surface area (Å²) < 4.78 is 26.8. The van der Waals surface area contributed by atoms with E-state index in [-0.39, 0.29) is 17.5 Å². The molecule has 1 unspecified atom stereocenters. The zero-order valence-electron chi connectivity index (χ0n) is 9.26. The molecule has 0 radical (unpaired) electrons. The fourth-order valence-corrected chi connectivity index (χ4v) is 1.89. The molecule has 0 spiro atoms. The van der Waals surface area contributed by atoms with Gasteiger partial charge in [0.25, 0.3) is 0 Å². The first-order valence-corrected chi connectivity index (χ1v) is 5.55. The molecule has 0 bridgehead atoms. The largest absolute Gasteiger partial charge is 0.376 e. The summed E-state index contributed by atoms with van der Waals surface area (Å²) in [7, 11) is 0. The van der Waals surface area contributed by atoms with Crippen LogP contribution in [-0.2, 0) is 0 Å². The Bertz CT molecular complexity index is 413. The number of hydrogen-bond donors (Lipinski definition) is 1. The van der Waals surface area contributed by atoms with Crippen molar-refractivity contribution in [2.75, 3.05) is 5.32 Å². The maximum Gasteiger partial charge on any atom is 0.146 e. The maximum absolute atomic E-state index is 13.5. The Morgan fingerprint density at radius 2 is 2.06 bits per heavy atom. The molecule has 0 aliphatic heterocycles. The van der Waals surface area contributed by atoms with E-state index in [9.17, 15) is 8.78 Å². The van der Waals surface area contributed by atoms with Crippen molar-refractivity contribution in [3.63, 3.8) is 0 Å². The molecule has 1 aromatic carbocycles. The van der Waals surface area contributed by atoms with E-state index in [2.05, 4.69) is 11.4 Å². The van der Waals surface area contributed by atoms with Crippen LogP contribution in [0, 0.1) is 18.6 Å². The van der Waals surface area contributed by atoms with E-state index in [0.29, 0.717) is 5.56 Å². The maximum atomic E-state index is 13.5. The molecule has 0 saturated carbocycles. The minimum absolute atomic E-state index is 0.116. The minimum Gasteiger partial charge on any atom is -0.376 e. The van der Waals surface area contributed by atoms with Crippen LogP contribution in [0.15, 0.2) is 24.3 Å². The smallest absolute Gasteiger partial charge is 0.146 e. The number of anilines is 1. The molecule has 0 amide bonds. The Kier molecular flexibility index (Phi) is 3.22. The average Bonchev–Trinajstić information content (AvgIpc) is 2.27. The molecular weight excluding hydrogens is 208 g/mol. The summed E-state index contributed by atoms with van der Waals surface area (Å²) in [5.74, 6) is -0.762. The highest BCUT2D eigenvalue weighted by Gasteiger charge is 2.12. The minimum atomic E-state index is -0.391. The summed E-state index contributed by atoms with van der Waals surface area (Å²) in [5, 5.41) is 3.02. The van der Waals surface area contributed by atoms with Gasteiger partial charge in [-0.3, -0.25) is 0 Å². The summed E-state index contributed by atoms with van der Waals surface area (Å²) in [6.45, 7) is 1.56. The van der Waals surface area contributed by atoms with Gasteiger partial charge in [-0.1, -0.05) is 12.2 Å². The molecule has 2 rings (SSSR count). The van der Waals surface area contributed by atoms with Crippen molar-refractivity contribution in [1.82, 2.24) is 0 Å². The van der Waals surface area contributed by atoms with E-state index in [1.165, 1.54) is 12.1 Å². The number of nitrogens with one attached hydrogen (secondary N) is 1. The molecule has 1 aliphatic carbocycles. The molecule has 0 aromatic heterocycles. The zero-order chi connectivity index (χ0) is 11.5. The molecule has 16 heavy (non-hydrogen) atoms. The van der Waals surface area contributed by atoms with Crippen LogP contribution in [0.25, 0.3) is 0 Å². The predicted molar refractivity (Wildman–Crippen MR) is 61.5 cm³/mol. The Morgan fingerprint density at radius 3 is 2.75 bits per heavy atom. The number of aryl methyl sites for hydroxylation is 1. The van der Waals surface area contributed by atoms with Crippen molar-refractivity contribution in [1.29, 1.82) is 0 Å². The molecule has 0 heterocycles. The van der Waals surface area contributed by atoms with Gasteiger partial charge >= 0.3 is 0 Å². The summed E-state index contributed by atoms with van der Waals surface area (Å²) in [6, 6.07) is 2.57. The molecule has 1 aliphatic rings. The molecule has 1 N–H and O–H groups in total. The second kappa shape index (κ2) is 4.64. The SMILES string of the molecule is Cc1cc(F)c(NC2C=CCCC2)cc1F. The Balaban J connectivity index is 2.17. The standard InChI is InChI=1S/C13H15F2N/c1-9-7-12(15)13(8-11(9)14)16-10-5-3-2-4-6-10/h3,5,7-8,10,16H,2,4,6H2,1H3. The van der Waals surface area contributed by atoms with Crippen molar-refractivity contribution in [3.8, 4) is 0 Å². The van der Waals surface area contributed by atoms with E-state index >= 15 is 0 Å². The van der Waals surface area contributed by atoms with Crippen molar-refractivity contribution in [3.05, 3.63) is 41.5 Å². The lowest BCUT2D eigenvalue weighted by atomic mass is 10.0. The van der Waals surface area contributed by atoms with E-state index in [1.807, 2.05) is 6.08 Å². The second-order valence-electron chi connectivity index (χ2n) is 4.19. The van der Waals surface area contributed by atoms with Crippen LogP contribution in [0.2, 0.25) is 0 Å². The molecule has 1 atom stereocenters. The van der Waals surface area contributed by atoms with Crippen LogP contribution in [0.5, 0.6) is 0 Å². The Morgan fingerprint density at radius 1 is 1.25 bits per heavy atom. The third-order valence-corrected chi connectivity index (χ3v) is 2.84. The Labute approximate surface area is 94.2 Å². The van der Waals surface area contributed by atoms with Crippen molar-refractivity contribution in [2.45, 2.75) is 32.2 Å². The summed E-state index contributed by atoms with van der Waals surface area (Å²) >= 11 is 0. The highest BCUT2D eigenvalue weighted by Crippen LogP contribution is 2.22. The van der Waals surface area contributed by atoms with Crippen molar-refractivity contribution < 1.29 is 8.78 Å². The van der Waals surface area contributed by atoms with Gasteiger partial charge in [0.15, 0.2) is 0 Å². The van der Waals surface area contributed by atoms with E-state index in [1.54, 1.807) is 6.92 Å². The van der Waals surface area contributed by atoms with Gasteiger partial charge in [-0.2, -0.15) is 0 Å². The lowest BCUT2D eigenvalue weighted by Gasteiger charge is -2.19. The predicted octanol–water partition coefficient (Wildman–Crippen LogP) is 3.79. The number of halogens is 2. The number of allylic oxidation sites excluding steroid dienone is 1. The van der Waals surface area contributed by atoms with Gasteiger partial charge in [0, 0.05) is 12.1 Å². The monoisotopic (exact) mass is 223 g/mol. The van der Waals surface area contributed by atoms with Crippen LogP contribution >= 0.6 is 0 Å². The lowest BCUT2D eigenvalue weighted by Crippen LogP contribution is -2.19. The van der Waals surface area contributed by atoms with Crippen molar-refractivity contribution in [2.24, 2.45) is 0 Å². The summed E-state index contributed by atoms with van der Waals surface area (Å²) in [6.07, 6.45) is 7.21. The van der Waals surface area contributed by atoms with Crippen LogP contribution in [0.4, 0.5) is 14.5 Å². The summed E-state index contributed by atoms with van der Waals surface area (Å²) in [5.41, 5.74) is 0.585. The first-order valence-electron chi connectivity index (χ1n) is 5.55. The molecule has 1 aromatic rings. The first kappa shape index (κ1) is 11.1. The van der Waals surface area contributed by atoms with Gasteiger partial charge in [0.2, 0.25) is 0 Å². The fraction of sp³-hybridized carbons (Fsp3) is 0.385. The van der Waals surface area contributed by atoms with Gasteiger partial charge < -0.3 is 5.32 Å². The van der Waals surface area contributed by atoms with Gasteiger partial charge in [0.1, 0.15) is 11.6 Å². The van der Waals surface area contributed by atoms with Gasteiger partial charge in [-0.25, -0.2) is 8.78 Å². The fourth-order valence-electron chi connectivity index (χ4n) is 1.89. The number of benzene rings is 1. The quantitative estimate of drug-likeness (QED) is 0.752. The van der Waals surface area contributed by atoms with Gasteiger partial charge in [-0.05, 0) is 37.8 Å². The zero-order valence-corrected chi connectivity index (χ0v) is 9.26. The highest BCUT2D eigenvalue weighted by molar-refractivity contribution is 5.48. The number of rotatable bonds is 2. The van der Waals surface area contributed by atoms with Gasteiger partial charge in [0.05, 0.1) is 5.69 Å². The third-order valence-electron chi connectivity index (χ3n) is 2.84. The second-order valence-corrected chi connectivity index (χ2v) is 4.19. The average molecular weight is 223 g/mol. The topological polar surface area (TPSA) is 12.0 Å². The van der Waals surface area contributed by atoms with Crippen LogP contribution in [-0.4, -0.2) is 6.04 Å². The normalized spacial score (nSPS) is 19.8. The van der Waals surface area contributed by atoms with Crippen molar-refractivity contribution >= 4 is 5.69 Å². The lowest BCUT2D eigenvalue weighted by molar-refractivity contribution is 0.590. The number of hydrogen-bond acceptors (Lipinski definition) is 1. The highest BCUT2D eigenvalue weighted by atomic mass is 19.1. The molecule has 0 fully saturated rings. The summed E-state index contributed by atoms with van der Waals surface area (Å²) in [4.78, 5) is 0. The van der Waals surface area contributed by atoms with Crippen LogP contribution in [0.3, 0.4) is 0 Å². The Hall–Kier alpha value is -1.38. The molecule has 86 valence electrons. The molecule has 1 nitrogen and oxygen atoms in total. The van der Waals surface area contributed by atoms with E-state index in [4.69, 9.17) is 0 Å². The van der Waals surface area contributed by atoms with E-state index in [0.717, 1.165) is 19.3 Å². The molecule has 0 saturated heterocycles. The van der Waals surface area contributed by atoms with Crippen LogP contribution in [0.1, 0.15) is 24.8 Å². The van der Waals surface area contributed by atoms with Crippen LogP contribution < -0.4 is 5.32 Å². The first-order chi connectivity index (χ1) is 7.66.